The molecule has 0 N–H and O–H groups in total. The quantitative estimate of drug-likeness (QED) is 0.632. The van der Waals surface area contributed by atoms with E-state index in [1.165, 1.54) is 0 Å². The summed E-state index contributed by atoms with van der Waals surface area (Å²) in [6.07, 6.45) is 7.13. The minimum absolute atomic E-state index is 0.509. The lowest BCUT2D eigenvalue weighted by atomic mass is 10.4. The number of hydrogen-bond donors (Lipinski definition) is 0. The van der Waals surface area contributed by atoms with Gasteiger partial charge < -0.3 is 0 Å². The van der Waals surface area contributed by atoms with Crippen molar-refractivity contribution in [1.82, 2.24) is 9.97 Å². The molecule has 0 fully saturated rings. The van der Waals surface area contributed by atoms with Gasteiger partial charge in [0.1, 0.15) is 0 Å². The molecule has 0 aliphatic heterocycles. The Kier molecular flexibility index (Phi) is 3.05. The maximum absolute atomic E-state index is 5.45. The summed E-state index contributed by atoms with van der Waals surface area (Å²) in [6, 6.07) is 0. The molecular formula is C8H9ClN2. The van der Waals surface area contributed by atoms with Crippen molar-refractivity contribution in [3.8, 4) is 0 Å². The molecule has 1 heterocycles. The number of aryl methyl sites for hydroxylation is 1. The average Bonchev–Trinajstić information content (AvgIpc) is 2.04. The van der Waals surface area contributed by atoms with Crippen LogP contribution in [0.3, 0.4) is 0 Å². The van der Waals surface area contributed by atoms with Crippen LogP contribution in [0.5, 0.6) is 0 Å². The molecule has 0 bridgehead atoms. The SMILES string of the molecule is Cc1cnc(/C=C/CCl)cn1. The van der Waals surface area contributed by atoms with E-state index in [2.05, 4.69) is 9.97 Å². The normalized spacial score (nSPS) is 10.7. The molecule has 0 saturated heterocycles. The highest BCUT2D eigenvalue weighted by Crippen LogP contribution is 1.96. The first kappa shape index (κ1) is 8.21. The number of nitrogens with zero attached hydrogens (tertiary/aromatic N) is 2. The predicted octanol–water partition coefficient (Wildman–Crippen LogP) is 2.04. The van der Waals surface area contributed by atoms with Gasteiger partial charge >= 0.3 is 0 Å². The Morgan fingerprint density at radius 2 is 2.27 bits per heavy atom. The van der Waals surface area contributed by atoms with E-state index in [1.807, 2.05) is 19.1 Å². The van der Waals surface area contributed by atoms with Crippen LogP contribution in [-0.4, -0.2) is 15.8 Å². The monoisotopic (exact) mass is 168 g/mol. The van der Waals surface area contributed by atoms with Crippen LogP contribution in [0.25, 0.3) is 6.08 Å². The molecule has 0 aromatic carbocycles. The highest BCUT2D eigenvalue weighted by molar-refractivity contribution is 6.19. The number of allylic oxidation sites excluding steroid dienone is 1. The summed E-state index contributed by atoms with van der Waals surface area (Å²) < 4.78 is 0. The molecule has 2 nitrogen and oxygen atoms in total. The molecule has 0 spiro atoms. The van der Waals surface area contributed by atoms with Gasteiger partial charge in [-0.3, -0.25) is 9.97 Å². The Morgan fingerprint density at radius 1 is 1.45 bits per heavy atom. The standard InChI is InChI=1S/C8H9ClN2/c1-7-5-11-8(6-10-7)3-2-4-9/h2-3,5-6H,4H2,1H3/b3-2+. The summed E-state index contributed by atoms with van der Waals surface area (Å²) in [6.45, 7) is 1.90. The molecule has 1 aromatic heterocycles. The minimum atomic E-state index is 0.509. The number of aromatic nitrogens is 2. The summed E-state index contributed by atoms with van der Waals surface area (Å²) >= 11 is 5.45. The van der Waals surface area contributed by atoms with Gasteiger partial charge in [-0.2, -0.15) is 0 Å². The fourth-order valence-electron chi connectivity index (χ4n) is 0.654. The first-order valence-corrected chi connectivity index (χ1v) is 3.87. The van der Waals surface area contributed by atoms with Crippen LogP contribution in [0.2, 0.25) is 0 Å². The van der Waals surface area contributed by atoms with Crippen LogP contribution in [0.4, 0.5) is 0 Å². The average molecular weight is 169 g/mol. The van der Waals surface area contributed by atoms with Crippen molar-refractivity contribution in [2.45, 2.75) is 6.92 Å². The van der Waals surface area contributed by atoms with Gasteiger partial charge in [-0.15, -0.1) is 11.6 Å². The lowest BCUT2D eigenvalue weighted by molar-refractivity contribution is 1.10. The van der Waals surface area contributed by atoms with E-state index in [-0.39, 0.29) is 0 Å². The van der Waals surface area contributed by atoms with Gasteiger partial charge in [0.05, 0.1) is 17.6 Å². The second kappa shape index (κ2) is 4.09. The zero-order chi connectivity index (χ0) is 8.10. The molecule has 1 aromatic rings. The molecular weight excluding hydrogens is 160 g/mol. The van der Waals surface area contributed by atoms with Gasteiger partial charge in [-0.1, -0.05) is 6.08 Å². The van der Waals surface area contributed by atoms with Gasteiger partial charge in [-0.05, 0) is 13.0 Å². The molecule has 0 unspecified atom stereocenters. The van der Waals surface area contributed by atoms with E-state index in [1.54, 1.807) is 12.4 Å². The molecule has 0 aliphatic carbocycles. The topological polar surface area (TPSA) is 25.8 Å². The Morgan fingerprint density at radius 3 is 2.82 bits per heavy atom. The van der Waals surface area contributed by atoms with E-state index in [9.17, 15) is 0 Å². The van der Waals surface area contributed by atoms with Crippen molar-refractivity contribution in [3.63, 3.8) is 0 Å². The highest BCUT2D eigenvalue weighted by atomic mass is 35.5. The fraction of sp³-hybridized carbons (Fsp3) is 0.250. The van der Waals surface area contributed by atoms with Crippen LogP contribution in [0.1, 0.15) is 11.4 Å². The molecule has 1 rings (SSSR count). The van der Waals surface area contributed by atoms with E-state index in [4.69, 9.17) is 11.6 Å². The third-order valence-corrected chi connectivity index (χ3v) is 1.36. The van der Waals surface area contributed by atoms with Gasteiger partial charge in [0.15, 0.2) is 0 Å². The Labute approximate surface area is 70.9 Å². The molecule has 0 saturated carbocycles. The van der Waals surface area contributed by atoms with Crippen LogP contribution in [0.15, 0.2) is 18.5 Å². The van der Waals surface area contributed by atoms with Crippen LogP contribution in [-0.2, 0) is 0 Å². The van der Waals surface area contributed by atoms with E-state index < -0.39 is 0 Å². The summed E-state index contributed by atoms with van der Waals surface area (Å²) in [5.41, 5.74) is 1.77. The zero-order valence-electron chi connectivity index (χ0n) is 6.29. The number of alkyl halides is 1. The molecule has 0 radical (unpaired) electrons. The van der Waals surface area contributed by atoms with Gasteiger partial charge in [-0.25, -0.2) is 0 Å². The Hall–Kier alpha value is -0.890. The summed E-state index contributed by atoms with van der Waals surface area (Å²) in [4.78, 5) is 8.18. The first-order chi connectivity index (χ1) is 5.33. The lowest BCUT2D eigenvalue weighted by Crippen LogP contribution is -1.85. The number of halogens is 1. The van der Waals surface area contributed by atoms with Crippen molar-refractivity contribution in [3.05, 3.63) is 29.9 Å². The summed E-state index contributed by atoms with van der Waals surface area (Å²) in [7, 11) is 0. The molecule has 0 atom stereocenters. The van der Waals surface area contributed by atoms with Crippen molar-refractivity contribution >= 4 is 17.7 Å². The lowest BCUT2D eigenvalue weighted by Gasteiger charge is -1.91. The maximum Gasteiger partial charge on any atom is 0.0810 e. The molecule has 0 amide bonds. The van der Waals surface area contributed by atoms with Crippen LogP contribution in [0, 0.1) is 6.92 Å². The second-order valence-corrected chi connectivity index (χ2v) is 2.45. The van der Waals surface area contributed by atoms with E-state index in [0.29, 0.717) is 5.88 Å². The molecule has 3 heteroatoms. The van der Waals surface area contributed by atoms with Gasteiger partial charge in [0.2, 0.25) is 0 Å². The third-order valence-electron chi connectivity index (χ3n) is 1.18. The summed E-state index contributed by atoms with van der Waals surface area (Å²) in [5, 5.41) is 0. The largest absolute Gasteiger partial charge is 0.258 e. The fourth-order valence-corrected chi connectivity index (χ4v) is 0.743. The minimum Gasteiger partial charge on any atom is -0.258 e. The van der Waals surface area contributed by atoms with Crippen molar-refractivity contribution < 1.29 is 0 Å². The summed E-state index contributed by atoms with van der Waals surface area (Å²) in [5.74, 6) is 0.509. The van der Waals surface area contributed by atoms with Crippen molar-refractivity contribution in [2.75, 3.05) is 5.88 Å². The smallest absolute Gasteiger partial charge is 0.0810 e. The maximum atomic E-state index is 5.45. The molecule has 0 aliphatic rings. The Balaban J connectivity index is 2.73. The van der Waals surface area contributed by atoms with Gasteiger partial charge in [0.25, 0.3) is 0 Å². The van der Waals surface area contributed by atoms with Crippen LogP contribution >= 0.6 is 11.6 Å². The van der Waals surface area contributed by atoms with Crippen LogP contribution < -0.4 is 0 Å². The zero-order valence-corrected chi connectivity index (χ0v) is 7.04. The predicted molar refractivity (Wildman–Crippen MR) is 46.5 cm³/mol. The molecule has 58 valence electrons. The van der Waals surface area contributed by atoms with E-state index >= 15 is 0 Å². The number of rotatable bonds is 2. The highest BCUT2D eigenvalue weighted by Gasteiger charge is 1.87. The third kappa shape index (κ3) is 2.68. The first-order valence-electron chi connectivity index (χ1n) is 3.34. The van der Waals surface area contributed by atoms with Crippen molar-refractivity contribution in [2.24, 2.45) is 0 Å². The molecule has 11 heavy (non-hydrogen) atoms. The van der Waals surface area contributed by atoms with E-state index in [0.717, 1.165) is 11.4 Å². The number of hydrogen-bond acceptors (Lipinski definition) is 2. The Bertz CT molecular complexity index is 241. The van der Waals surface area contributed by atoms with Gasteiger partial charge in [0, 0.05) is 12.1 Å². The van der Waals surface area contributed by atoms with Crippen molar-refractivity contribution in [1.29, 1.82) is 0 Å². The second-order valence-electron chi connectivity index (χ2n) is 2.14.